The second kappa shape index (κ2) is 3.88. The summed E-state index contributed by atoms with van der Waals surface area (Å²) in [6.07, 6.45) is 1.74. The summed E-state index contributed by atoms with van der Waals surface area (Å²) in [5, 5.41) is 0. The summed E-state index contributed by atoms with van der Waals surface area (Å²) in [7, 11) is -3.51. The van der Waals surface area contributed by atoms with Gasteiger partial charge in [-0.25, -0.2) is 13.1 Å². The number of hydrogen-bond donors (Lipinski definition) is 2. The fourth-order valence-electron chi connectivity index (χ4n) is 1.31. The zero-order chi connectivity index (χ0) is 11.8. The largest absolute Gasteiger partial charge is 0.366 e. The third kappa shape index (κ3) is 2.40. The number of amides is 1. The lowest BCUT2D eigenvalue weighted by Crippen LogP contribution is -2.26. The highest BCUT2D eigenvalue weighted by atomic mass is 32.2. The Morgan fingerprint density at radius 2 is 2.06 bits per heavy atom. The molecule has 2 rings (SSSR count). The Morgan fingerprint density at radius 3 is 2.62 bits per heavy atom. The molecule has 0 saturated heterocycles. The lowest BCUT2D eigenvalue weighted by atomic mass is 10.2. The van der Waals surface area contributed by atoms with E-state index in [0.29, 0.717) is 0 Å². The molecule has 1 aromatic carbocycles. The molecule has 0 bridgehead atoms. The molecular weight excluding hydrogens is 228 g/mol. The van der Waals surface area contributed by atoms with Crippen LogP contribution in [0.15, 0.2) is 29.2 Å². The monoisotopic (exact) mass is 240 g/mol. The zero-order valence-corrected chi connectivity index (χ0v) is 9.33. The third-order valence-electron chi connectivity index (χ3n) is 2.33. The van der Waals surface area contributed by atoms with Gasteiger partial charge in [-0.05, 0) is 31.0 Å². The molecule has 16 heavy (non-hydrogen) atoms. The molecule has 1 fully saturated rings. The van der Waals surface area contributed by atoms with E-state index in [1.165, 1.54) is 24.3 Å². The van der Waals surface area contributed by atoms with Crippen molar-refractivity contribution in [2.75, 3.05) is 0 Å². The minimum absolute atomic E-state index is 0.0437. The predicted molar refractivity (Wildman–Crippen MR) is 58.3 cm³/mol. The smallest absolute Gasteiger partial charge is 0.248 e. The molecule has 1 saturated carbocycles. The van der Waals surface area contributed by atoms with Gasteiger partial charge in [0.2, 0.25) is 15.9 Å². The van der Waals surface area contributed by atoms with Crippen molar-refractivity contribution in [3.05, 3.63) is 29.8 Å². The van der Waals surface area contributed by atoms with E-state index in [0.717, 1.165) is 12.8 Å². The first-order chi connectivity index (χ1) is 7.49. The minimum Gasteiger partial charge on any atom is -0.366 e. The van der Waals surface area contributed by atoms with Gasteiger partial charge in [0.1, 0.15) is 0 Å². The van der Waals surface area contributed by atoms with Crippen LogP contribution in [0.5, 0.6) is 0 Å². The van der Waals surface area contributed by atoms with Crippen LogP contribution in [0.3, 0.4) is 0 Å². The van der Waals surface area contributed by atoms with Gasteiger partial charge in [-0.15, -0.1) is 0 Å². The maximum Gasteiger partial charge on any atom is 0.248 e. The minimum atomic E-state index is -3.51. The van der Waals surface area contributed by atoms with Gasteiger partial charge in [-0.3, -0.25) is 4.79 Å². The van der Waals surface area contributed by atoms with Crippen molar-refractivity contribution in [2.24, 2.45) is 5.73 Å². The van der Waals surface area contributed by atoms with Crippen molar-refractivity contribution in [1.82, 2.24) is 4.72 Å². The molecule has 1 aliphatic carbocycles. The Morgan fingerprint density at radius 1 is 1.38 bits per heavy atom. The van der Waals surface area contributed by atoms with Crippen LogP contribution < -0.4 is 10.5 Å². The molecule has 0 aromatic heterocycles. The van der Waals surface area contributed by atoms with Gasteiger partial charge in [0.25, 0.3) is 0 Å². The van der Waals surface area contributed by atoms with E-state index in [-0.39, 0.29) is 16.5 Å². The fourth-order valence-corrected chi connectivity index (χ4v) is 2.66. The summed E-state index contributed by atoms with van der Waals surface area (Å²) in [5.41, 5.74) is 5.28. The molecule has 0 aliphatic heterocycles. The molecule has 0 unspecified atom stereocenters. The maximum absolute atomic E-state index is 11.8. The van der Waals surface area contributed by atoms with Crippen LogP contribution >= 0.6 is 0 Å². The standard InChI is InChI=1S/C10H12N2O3S/c11-10(13)7-2-1-3-9(6-7)16(14,15)12-8-4-5-8/h1-3,6,8,12H,4-5H2,(H2,11,13). The zero-order valence-electron chi connectivity index (χ0n) is 8.51. The molecular formula is C10H12N2O3S. The van der Waals surface area contributed by atoms with Gasteiger partial charge in [0.15, 0.2) is 0 Å². The van der Waals surface area contributed by atoms with Gasteiger partial charge in [-0.1, -0.05) is 6.07 Å². The molecule has 5 nitrogen and oxygen atoms in total. The number of rotatable bonds is 4. The van der Waals surface area contributed by atoms with Crippen molar-refractivity contribution in [1.29, 1.82) is 0 Å². The Hall–Kier alpha value is -1.40. The van der Waals surface area contributed by atoms with E-state index in [9.17, 15) is 13.2 Å². The first-order valence-electron chi connectivity index (χ1n) is 4.91. The van der Waals surface area contributed by atoms with Crippen LogP contribution in [0.25, 0.3) is 0 Å². The van der Waals surface area contributed by atoms with Crippen LogP contribution in [0, 0.1) is 0 Å². The molecule has 0 radical (unpaired) electrons. The second-order valence-electron chi connectivity index (χ2n) is 3.79. The molecule has 0 heterocycles. The molecule has 0 atom stereocenters. The molecule has 6 heteroatoms. The van der Waals surface area contributed by atoms with Gasteiger partial charge >= 0.3 is 0 Å². The molecule has 1 amide bonds. The topological polar surface area (TPSA) is 89.3 Å². The number of carbonyl (C=O) groups excluding carboxylic acids is 1. The summed E-state index contributed by atoms with van der Waals surface area (Å²) in [6, 6.07) is 5.76. The van der Waals surface area contributed by atoms with Crippen LogP contribution in [-0.4, -0.2) is 20.4 Å². The summed E-state index contributed by atoms with van der Waals surface area (Å²) in [5.74, 6) is -0.636. The Bertz CT molecular complexity index is 521. The van der Waals surface area contributed by atoms with Crippen molar-refractivity contribution < 1.29 is 13.2 Å². The second-order valence-corrected chi connectivity index (χ2v) is 5.50. The molecule has 0 spiro atoms. The van der Waals surface area contributed by atoms with E-state index >= 15 is 0 Å². The number of sulfonamides is 1. The normalized spacial score (nSPS) is 16.0. The van der Waals surface area contributed by atoms with Gasteiger partial charge in [0, 0.05) is 11.6 Å². The highest BCUT2D eigenvalue weighted by molar-refractivity contribution is 7.89. The SMILES string of the molecule is NC(=O)c1cccc(S(=O)(=O)NC2CC2)c1. The third-order valence-corrected chi connectivity index (χ3v) is 3.85. The number of benzene rings is 1. The van der Waals surface area contributed by atoms with E-state index < -0.39 is 15.9 Å². The number of hydrogen-bond acceptors (Lipinski definition) is 3. The first-order valence-corrected chi connectivity index (χ1v) is 6.39. The molecule has 1 aromatic rings. The van der Waals surface area contributed by atoms with Crippen LogP contribution in [-0.2, 0) is 10.0 Å². The van der Waals surface area contributed by atoms with Crippen molar-refractivity contribution in [2.45, 2.75) is 23.8 Å². The lowest BCUT2D eigenvalue weighted by molar-refractivity contribution is 0.1000. The summed E-state index contributed by atoms with van der Waals surface area (Å²) >= 11 is 0. The number of nitrogens with one attached hydrogen (secondary N) is 1. The molecule has 86 valence electrons. The van der Waals surface area contributed by atoms with E-state index in [4.69, 9.17) is 5.73 Å². The number of nitrogens with two attached hydrogens (primary N) is 1. The van der Waals surface area contributed by atoms with Crippen molar-refractivity contribution >= 4 is 15.9 Å². The van der Waals surface area contributed by atoms with E-state index in [1.807, 2.05) is 0 Å². The Labute approximate surface area is 93.7 Å². The first kappa shape index (κ1) is 11.1. The number of carbonyl (C=O) groups is 1. The summed E-state index contributed by atoms with van der Waals surface area (Å²) in [6.45, 7) is 0. The fraction of sp³-hybridized carbons (Fsp3) is 0.300. The quantitative estimate of drug-likeness (QED) is 0.789. The van der Waals surface area contributed by atoms with E-state index in [1.54, 1.807) is 0 Å². The highest BCUT2D eigenvalue weighted by Crippen LogP contribution is 2.22. The van der Waals surface area contributed by atoms with Gasteiger partial charge < -0.3 is 5.73 Å². The Balaban J connectivity index is 2.31. The summed E-state index contributed by atoms with van der Waals surface area (Å²) in [4.78, 5) is 11.0. The maximum atomic E-state index is 11.8. The van der Waals surface area contributed by atoms with Gasteiger partial charge in [0.05, 0.1) is 4.90 Å². The van der Waals surface area contributed by atoms with Crippen LogP contribution in [0.2, 0.25) is 0 Å². The van der Waals surface area contributed by atoms with Crippen LogP contribution in [0.1, 0.15) is 23.2 Å². The average molecular weight is 240 g/mol. The van der Waals surface area contributed by atoms with Crippen LogP contribution in [0.4, 0.5) is 0 Å². The predicted octanol–water partition coefficient (Wildman–Crippen LogP) is 0.226. The van der Waals surface area contributed by atoms with Crippen molar-refractivity contribution in [3.63, 3.8) is 0 Å². The van der Waals surface area contributed by atoms with E-state index in [2.05, 4.69) is 4.72 Å². The lowest BCUT2D eigenvalue weighted by Gasteiger charge is -2.05. The molecule has 1 aliphatic rings. The highest BCUT2D eigenvalue weighted by Gasteiger charge is 2.28. The van der Waals surface area contributed by atoms with Gasteiger partial charge in [-0.2, -0.15) is 0 Å². The average Bonchev–Trinajstić information content (AvgIpc) is 3.01. The number of primary amides is 1. The summed E-state index contributed by atoms with van der Waals surface area (Å²) < 4.78 is 26.1. The Kier molecular flexibility index (Phi) is 2.69. The van der Waals surface area contributed by atoms with Crippen molar-refractivity contribution in [3.8, 4) is 0 Å². The molecule has 3 N–H and O–H groups in total.